The third-order valence-corrected chi connectivity index (χ3v) is 16.5. The standard InChI is InChI=1S/C62H35NS2/c1-3-13-42-37(11-1)23-28-47-51(34-39-12-2-4-14-43(39)58(42)47)40-25-32-57-53(35-40)60-50-30-29-48-44-15-7-9-19-54(44)63(61(48)59(50)46-17-5-6-18-49(46)62(60)65-57)41-26-21-36(22-27-41)38-24-31-56-52(33-38)45-16-8-10-20-55(45)64-56/h1-35H. The van der Waals surface area contributed by atoms with E-state index in [1.165, 1.54) is 138 Å². The molecule has 0 saturated heterocycles. The highest BCUT2D eigenvalue weighted by Crippen LogP contribution is 2.49. The Morgan fingerprint density at radius 3 is 1.74 bits per heavy atom. The summed E-state index contributed by atoms with van der Waals surface area (Å²) in [7, 11) is 0. The molecular weight excluding hydrogens is 823 g/mol. The molecule has 0 amide bonds. The van der Waals surface area contributed by atoms with Gasteiger partial charge in [-0.2, -0.15) is 0 Å². The predicted octanol–water partition coefficient (Wildman–Crippen LogP) is 18.6. The van der Waals surface area contributed by atoms with Gasteiger partial charge in [0.15, 0.2) is 0 Å². The summed E-state index contributed by atoms with van der Waals surface area (Å²) in [4.78, 5) is 0. The van der Waals surface area contributed by atoms with E-state index in [1.54, 1.807) is 0 Å². The first kappa shape index (κ1) is 35.6. The van der Waals surface area contributed by atoms with Crippen molar-refractivity contribution in [1.82, 2.24) is 4.57 Å². The molecule has 3 aromatic heterocycles. The molecule has 0 bridgehead atoms. The maximum Gasteiger partial charge on any atom is 0.0625 e. The van der Waals surface area contributed by atoms with E-state index in [9.17, 15) is 0 Å². The first-order valence-electron chi connectivity index (χ1n) is 22.3. The van der Waals surface area contributed by atoms with Gasteiger partial charge in [-0.25, -0.2) is 0 Å². The molecule has 3 heteroatoms. The van der Waals surface area contributed by atoms with Crippen molar-refractivity contribution in [1.29, 1.82) is 0 Å². The summed E-state index contributed by atoms with van der Waals surface area (Å²) in [6, 6.07) is 79.7. The Morgan fingerprint density at radius 2 is 0.892 bits per heavy atom. The third-order valence-electron chi connectivity index (χ3n) is 14.1. The van der Waals surface area contributed by atoms with E-state index in [0.717, 1.165) is 5.69 Å². The number of hydrogen-bond acceptors (Lipinski definition) is 2. The van der Waals surface area contributed by atoms with Gasteiger partial charge in [-0.05, 0) is 120 Å². The Balaban J connectivity index is 0.989. The smallest absolute Gasteiger partial charge is 0.0625 e. The molecule has 0 aliphatic heterocycles. The maximum absolute atomic E-state index is 2.52. The fourth-order valence-corrected chi connectivity index (χ4v) is 13.6. The molecule has 65 heavy (non-hydrogen) atoms. The quantitative estimate of drug-likeness (QED) is 0.156. The molecule has 0 fully saturated rings. The lowest BCUT2D eigenvalue weighted by atomic mass is 9.89. The van der Waals surface area contributed by atoms with Gasteiger partial charge in [0, 0.05) is 67.6 Å². The second-order valence-corrected chi connectivity index (χ2v) is 19.6. The van der Waals surface area contributed by atoms with Gasteiger partial charge < -0.3 is 4.57 Å². The Hall–Kier alpha value is -7.82. The normalized spacial score (nSPS) is 12.3. The molecule has 0 atom stereocenters. The van der Waals surface area contributed by atoms with Crippen LogP contribution < -0.4 is 0 Å². The third kappa shape index (κ3) is 5.02. The van der Waals surface area contributed by atoms with E-state index in [1.807, 2.05) is 22.7 Å². The molecule has 300 valence electrons. The van der Waals surface area contributed by atoms with Crippen LogP contribution >= 0.6 is 22.7 Å². The first-order chi connectivity index (χ1) is 32.2. The minimum Gasteiger partial charge on any atom is -0.309 e. The van der Waals surface area contributed by atoms with Crippen molar-refractivity contribution in [2.75, 3.05) is 0 Å². The zero-order valence-corrected chi connectivity index (χ0v) is 36.6. The summed E-state index contributed by atoms with van der Waals surface area (Å²) in [6.07, 6.45) is 0. The lowest BCUT2D eigenvalue weighted by Gasteiger charge is -2.15. The Bertz CT molecular complexity index is 4510. The van der Waals surface area contributed by atoms with Gasteiger partial charge in [-0.1, -0.05) is 158 Å². The fourth-order valence-electron chi connectivity index (χ4n) is 11.2. The van der Waals surface area contributed by atoms with Crippen molar-refractivity contribution in [2.24, 2.45) is 0 Å². The van der Waals surface area contributed by atoms with Crippen molar-refractivity contribution in [2.45, 2.75) is 0 Å². The Morgan fingerprint density at radius 1 is 0.292 bits per heavy atom. The van der Waals surface area contributed by atoms with Gasteiger partial charge in [0.2, 0.25) is 0 Å². The van der Waals surface area contributed by atoms with E-state index >= 15 is 0 Å². The molecule has 0 spiro atoms. The van der Waals surface area contributed by atoms with Crippen LogP contribution in [-0.4, -0.2) is 4.57 Å². The van der Waals surface area contributed by atoms with Gasteiger partial charge in [-0.3, -0.25) is 0 Å². The molecule has 1 nitrogen and oxygen atoms in total. The molecule has 0 aliphatic rings. The monoisotopic (exact) mass is 857 g/mol. The van der Waals surface area contributed by atoms with Crippen LogP contribution in [0.5, 0.6) is 0 Å². The molecule has 12 aromatic carbocycles. The zero-order valence-electron chi connectivity index (χ0n) is 35.0. The molecule has 0 N–H and O–H groups in total. The van der Waals surface area contributed by atoms with E-state index in [0.29, 0.717) is 0 Å². The minimum atomic E-state index is 1.16. The molecular formula is C62H35NS2. The molecule has 0 saturated carbocycles. The van der Waals surface area contributed by atoms with Crippen molar-refractivity contribution in [3.63, 3.8) is 0 Å². The van der Waals surface area contributed by atoms with E-state index < -0.39 is 0 Å². The topological polar surface area (TPSA) is 4.93 Å². The second-order valence-electron chi connectivity index (χ2n) is 17.5. The van der Waals surface area contributed by atoms with Crippen molar-refractivity contribution < 1.29 is 0 Å². The highest BCUT2D eigenvalue weighted by atomic mass is 32.1. The molecule has 0 radical (unpaired) electrons. The van der Waals surface area contributed by atoms with Crippen LogP contribution in [0.3, 0.4) is 0 Å². The number of rotatable bonds is 3. The van der Waals surface area contributed by atoms with Crippen LogP contribution in [0.1, 0.15) is 0 Å². The van der Waals surface area contributed by atoms with Gasteiger partial charge in [0.1, 0.15) is 0 Å². The highest BCUT2D eigenvalue weighted by molar-refractivity contribution is 7.27. The van der Waals surface area contributed by atoms with Crippen molar-refractivity contribution >= 4 is 139 Å². The number of para-hydroxylation sites is 1. The number of aromatic nitrogens is 1. The lowest BCUT2D eigenvalue weighted by molar-refractivity contribution is 1.19. The van der Waals surface area contributed by atoms with E-state index in [2.05, 4.69) is 217 Å². The summed E-state index contributed by atoms with van der Waals surface area (Å²) in [5.41, 5.74) is 8.59. The SMILES string of the molecule is c1ccc2c(c1)ccc1c(-c3ccc4sc5c6ccccc6c6c(ccc7c8ccccc8n(-c8ccc(-c9ccc%10sc%11ccccc%11c%10c9)cc8)c76)c5c4c3)cc3ccccc3c12. The highest BCUT2D eigenvalue weighted by Gasteiger charge is 2.22. The van der Waals surface area contributed by atoms with Crippen LogP contribution in [0, 0.1) is 0 Å². The fraction of sp³-hybridized carbons (Fsp3) is 0. The Kier molecular flexibility index (Phi) is 7.32. The second kappa shape index (κ2) is 13.4. The van der Waals surface area contributed by atoms with Crippen LogP contribution in [0.4, 0.5) is 0 Å². The van der Waals surface area contributed by atoms with Gasteiger partial charge in [0.05, 0.1) is 11.0 Å². The Labute approximate surface area is 381 Å². The minimum absolute atomic E-state index is 1.16. The summed E-state index contributed by atoms with van der Waals surface area (Å²) >= 11 is 3.79. The molecule has 0 aliphatic carbocycles. The summed E-state index contributed by atoms with van der Waals surface area (Å²) < 4.78 is 7.84. The van der Waals surface area contributed by atoms with Crippen molar-refractivity contribution in [3.05, 3.63) is 212 Å². The van der Waals surface area contributed by atoms with Crippen LogP contribution in [0.2, 0.25) is 0 Å². The summed E-state index contributed by atoms with van der Waals surface area (Å²) in [5.74, 6) is 0. The van der Waals surface area contributed by atoms with Crippen LogP contribution in [-0.2, 0) is 0 Å². The largest absolute Gasteiger partial charge is 0.309 e. The zero-order chi connectivity index (χ0) is 42.3. The number of thiophene rings is 2. The van der Waals surface area contributed by atoms with E-state index in [-0.39, 0.29) is 0 Å². The lowest BCUT2D eigenvalue weighted by Crippen LogP contribution is -1.95. The number of hydrogen-bond donors (Lipinski definition) is 0. The summed E-state index contributed by atoms with van der Waals surface area (Å²) in [6.45, 7) is 0. The van der Waals surface area contributed by atoms with Gasteiger partial charge >= 0.3 is 0 Å². The van der Waals surface area contributed by atoms with Crippen LogP contribution in [0.25, 0.3) is 144 Å². The molecule has 15 rings (SSSR count). The number of nitrogens with zero attached hydrogens (tertiary/aromatic N) is 1. The van der Waals surface area contributed by atoms with E-state index in [4.69, 9.17) is 0 Å². The number of fused-ring (bicyclic) bond motifs is 20. The average Bonchev–Trinajstić information content (AvgIpc) is 4.05. The first-order valence-corrected chi connectivity index (χ1v) is 24.0. The molecule has 0 unspecified atom stereocenters. The summed E-state index contributed by atoms with van der Waals surface area (Å²) in [5, 5.41) is 20.7. The van der Waals surface area contributed by atoms with Crippen molar-refractivity contribution in [3.8, 4) is 27.9 Å². The van der Waals surface area contributed by atoms with Gasteiger partial charge in [0.25, 0.3) is 0 Å². The molecule has 3 heterocycles. The van der Waals surface area contributed by atoms with Gasteiger partial charge in [-0.15, -0.1) is 22.7 Å². The molecule has 15 aromatic rings. The predicted molar refractivity (Wildman–Crippen MR) is 285 cm³/mol. The maximum atomic E-state index is 2.52. The van der Waals surface area contributed by atoms with Crippen LogP contribution in [0.15, 0.2) is 212 Å². The number of benzene rings is 12. The average molecular weight is 858 g/mol.